The van der Waals surface area contributed by atoms with Gasteiger partial charge in [0.05, 0.1) is 6.04 Å². The van der Waals surface area contributed by atoms with Gasteiger partial charge in [-0.1, -0.05) is 0 Å². The largest absolute Gasteiger partial charge is 0.452 e. The molecule has 0 saturated carbocycles. The number of anilines is 1. The van der Waals surface area contributed by atoms with Crippen molar-refractivity contribution < 1.29 is 4.42 Å². The summed E-state index contributed by atoms with van der Waals surface area (Å²) in [5, 5.41) is 4.63. The number of rotatable bonds is 3. The Balaban J connectivity index is 1.83. The Bertz CT molecular complexity index is 671. The van der Waals surface area contributed by atoms with Crippen LogP contribution in [0.25, 0.3) is 10.9 Å². The van der Waals surface area contributed by atoms with Crippen molar-refractivity contribution in [3.05, 3.63) is 53.0 Å². The second kappa shape index (κ2) is 4.53. The fraction of sp³-hybridized carbons (Fsp3) is 0.143. The molecule has 1 aromatic carbocycles. The molecule has 1 unspecified atom stereocenters. The third-order valence-electron chi connectivity index (χ3n) is 2.96. The van der Waals surface area contributed by atoms with E-state index < -0.39 is 0 Å². The second-order valence-corrected chi connectivity index (χ2v) is 5.07. The lowest BCUT2D eigenvalue weighted by Gasteiger charge is -2.12. The molecular formula is C14H13BrN2O. The molecule has 18 heavy (non-hydrogen) atoms. The Morgan fingerprint density at radius 3 is 2.89 bits per heavy atom. The minimum atomic E-state index is 0.132. The van der Waals surface area contributed by atoms with Crippen molar-refractivity contribution in [1.29, 1.82) is 0 Å². The molecule has 0 spiro atoms. The van der Waals surface area contributed by atoms with Crippen molar-refractivity contribution in [2.75, 3.05) is 5.32 Å². The molecule has 0 bridgehead atoms. The minimum Gasteiger partial charge on any atom is -0.452 e. The van der Waals surface area contributed by atoms with Gasteiger partial charge in [0.25, 0.3) is 0 Å². The maximum Gasteiger partial charge on any atom is 0.169 e. The molecule has 2 heterocycles. The molecule has 3 nitrogen and oxygen atoms in total. The van der Waals surface area contributed by atoms with Gasteiger partial charge in [0.2, 0.25) is 0 Å². The average molecular weight is 305 g/mol. The van der Waals surface area contributed by atoms with E-state index in [0.29, 0.717) is 0 Å². The van der Waals surface area contributed by atoms with Crippen molar-refractivity contribution in [2.24, 2.45) is 0 Å². The summed E-state index contributed by atoms with van der Waals surface area (Å²) in [6.45, 7) is 2.08. The van der Waals surface area contributed by atoms with Gasteiger partial charge in [0.1, 0.15) is 5.76 Å². The fourth-order valence-electron chi connectivity index (χ4n) is 2.03. The molecule has 3 rings (SSSR count). The average Bonchev–Trinajstić information content (AvgIpc) is 2.96. The van der Waals surface area contributed by atoms with Crippen LogP contribution >= 0.6 is 15.9 Å². The molecule has 0 amide bonds. The van der Waals surface area contributed by atoms with Gasteiger partial charge in [-0.15, -0.1) is 0 Å². The Labute approximate surface area is 113 Å². The lowest BCUT2D eigenvalue weighted by molar-refractivity contribution is 0.471. The van der Waals surface area contributed by atoms with E-state index in [9.17, 15) is 0 Å². The van der Waals surface area contributed by atoms with E-state index in [4.69, 9.17) is 4.42 Å². The van der Waals surface area contributed by atoms with Crippen molar-refractivity contribution in [1.82, 2.24) is 4.98 Å². The first-order valence-corrected chi connectivity index (χ1v) is 6.60. The van der Waals surface area contributed by atoms with Gasteiger partial charge in [-0.3, -0.25) is 0 Å². The van der Waals surface area contributed by atoms with Gasteiger partial charge >= 0.3 is 0 Å². The number of halogens is 1. The van der Waals surface area contributed by atoms with Gasteiger partial charge < -0.3 is 14.7 Å². The zero-order valence-corrected chi connectivity index (χ0v) is 11.5. The quantitative estimate of drug-likeness (QED) is 0.736. The molecule has 1 atom stereocenters. The molecule has 2 aromatic heterocycles. The van der Waals surface area contributed by atoms with Crippen molar-refractivity contribution in [3.63, 3.8) is 0 Å². The summed E-state index contributed by atoms with van der Waals surface area (Å²) in [7, 11) is 0. The normalized spacial score (nSPS) is 12.8. The molecule has 0 saturated heterocycles. The smallest absolute Gasteiger partial charge is 0.169 e. The topological polar surface area (TPSA) is 41.0 Å². The van der Waals surface area contributed by atoms with Gasteiger partial charge in [0, 0.05) is 22.8 Å². The number of furan rings is 1. The highest BCUT2D eigenvalue weighted by Gasteiger charge is 2.09. The lowest BCUT2D eigenvalue weighted by Crippen LogP contribution is -2.05. The van der Waals surface area contributed by atoms with E-state index in [0.717, 1.165) is 21.6 Å². The predicted octanol–water partition coefficient (Wildman–Crippen LogP) is 4.70. The molecule has 92 valence electrons. The SMILES string of the molecule is CC(Nc1ccc2[nH]ccc2c1)c1ccc(Br)o1. The molecule has 0 aliphatic carbocycles. The van der Waals surface area contributed by atoms with Crippen LogP contribution in [0.5, 0.6) is 0 Å². The maximum absolute atomic E-state index is 5.54. The number of nitrogens with one attached hydrogen (secondary N) is 2. The van der Waals surface area contributed by atoms with Crippen LogP contribution in [0.2, 0.25) is 0 Å². The lowest BCUT2D eigenvalue weighted by atomic mass is 10.2. The Morgan fingerprint density at radius 1 is 1.22 bits per heavy atom. The maximum atomic E-state index is 5.54. The van der Waals surface area contributed by atoms with E-state index in [2.05, 4.69) is 57.4 Å². The molecule has 2 N–H and O–H groups in total. The highest BCUT2D eigenvalue weighted by atomic mass is 79.9. The molecule has 0 radical (unpaired) electrons. The first-order valence-electron chi connectivity index (χ1n) is 5.81. The number of fused-ring (bicyclic) bond motifs is 1. The van der Waals surface area contributed by atoms with Crippen LogP contribution in [0.3, 0.4) is 0 Å². The highest BCUT2D eigenvalue weighted by molar-refractivity contribution is 9.10. The molecule has 3 aromatic rings. The number of hydrogen-bond acceptors (Lipinski definition) is 2. The summed E-state index contributed by atoms with van der Waals surface area (Å²) >= 11 is 3.31. The molecule has 0 aliphatic rings. The third kappa shape index (κ3) is 2.16. The van der Waals surface area contributed by atoms with Gasteiger partial charge in [-0.05, 0) is 59.3 Å². The fourth-order valence-corrected chi connectivity index (χ4v) is 2.34. The number of hydrogen-bond donors (Lipinski definition) is 2. The number of benzene rings is 1. The van der Waals surface area contributed by atoms with Crippen LogP contribution in [-0.4, -0.2) is 4.98 Å². The second-order valence-electron chi connectivity index (χ2n) is 4.29. The van der Waals surface area contributed by atoms with Crippen LogP contribution in [0.4, 0.5) is 5.69 Å². The van der Waals surface area contributed by atoms with E-state index in [1.165, 1.54) is 5.39 Å². The first kappa shape index (κ1) is 11.4. The van der Waals surface area contributed by atoms with Gasteiger partial charge in [-0.2, -0.15) is 0 Å². The van der Waals surface area contributed by atoms with Crippen LogP contribution in [0.15, 0.2) is 51.7 Å². The summed E-state index contributed by atoms with van der Waals surface area (Å²) in [5.41, 5.74) is 2.23. The van der Waals surface area contributed by atoms with E-state index in [1.54, 1.807) is 0 Å². The van der Waals surface area contributed by atoms with Crippen LogP contribution in [0.1, 0.15) is 18.7 Å². The Hall–Kier alpha value is -1.68. The monoisotopic (exact) mass is 304 g/mol. The summed E-state index contributed by atoms with van der Waals surface area (Å²) in [4.78, 5) is 3.18. The summed E-state index contributed by atoms with van der Waals surface area (Å²) in [6.07, 6.45) is 1.95. The van der Waals surface area contributed by atoms with E-state index in [-0.39, 0.29) is 6.04 Å². The molecule has 4 heteroatoms. The van der Waals surface area contributed by atoms with Crippen molar-refractivity contribution in [3.8, 4) is 0 Å². The highest BCUT2D eigenvalue weighted by Crippen LogP contribution is 2.25. The summed E-state index contributed by atoms with van der Waals surface area (Å²) in [5.74, 6) is 0.913. The molecular weight excluding hydrogens is 292 g/mol. The third-order valence-corrected chi connectivity index (χ3v) is 3.38. The Kier molecular flexibility index (Phi) is 2.88. The van der Waals surface area contributed by atoms with Gasteiger partial charge in [-0.25, -0.2) is 0 Å². The standard InChI is InChI=1S/C14H13BrN2O/c1-9(13-4-5-14(15)18-13)17-11-2-3-12-10(8-11)6-7-16-12/h2-9,16-17H,1H3. The zero-order valence-electron chi connectivity index (χ0n) is 9.91. The van der Waals surface area contributed by atoms with Crippen LogP contribution < -0.4 is 5.32 Å². The number of aromatic amines is 1. The molecule has 0 fully saturated rings. The van der Waals surface area contributed by atoms with Crippen LogP contribution in [-0.2, 0) is 0 Å². The van der Waals surface area contributed by atoms with E-state index in [1.807, 2.05) is 18.3 Å². The van der Waals surface area contributed by atoms with Crippen molar-refractivity contribution in [2.45, 2.75) is 13.0 Å². The van der Waals surface area contributed by atoms with E-state index >= 15 is 0 Å². The first-order chi connectivity index (χ1) is 8.72. The van der Waals surface area contributed by atoms with Gasteiger partial charge in [0.15, 0.2) is 4.67 Å². The predicted molar refractivity (Wildman–Crippen MR) is 76.7 cm³/mol. The zero-order chi connectivity index (χ0) is 12.5. The minimum absolute atomic E-state index is 0.132. The number of H-pyrrole nitrogens is 1. The summed E-state index contributed by atoms with van der Waals surface area (Å²) in [6, 6.07) is 12.3. The van der Waals surface area contributed by atoms with Crippen molar-refractivity contribution >= 4 is 32.5 Å². The van der Waals surface area contributed by atoms with Crippen LogP contribution in [0, 0.1) is 0 Å². The number of aromatic nitrogens is 1. The Morgan fingerprint density at radius 2 is 2.11 bits per heavy atom. The molecule has 0 aliphatic heterocycles. The summed E-state index contributed by atoms with van der Waals surface area (Å²) < 4.78 is 6.29.